The molecule has 0 spiro atoms. The summed E-state index contributed by atoms with van der Waals surface area (Å²) >= 11 is 1.82. The van der Waals surface area contributed by atoms with Crippen molar-refractivity contribution in [2.24, 2.45) is 0 Å². The van der Waals surface area contributed by atoms with E-state index in [0.717, 1.165) is 11.5 Å². The molecular formula is C26H30N2O8S. The topological polar surface area (TPSA) is 96.0 Å². The van der Waals surface area contributed by atoms with Gasteiger partial charge in [0, 0.05) is 42.5 Å². The summed E-state index contributed by atoms with van der Waals surface area (Å²) < 4.78 is 33.7. The number of carbonyl (C=O) groups is 1. The van der Waals surface area contributed by atoms with Gasteiger partial charge in [-0.3, -0.25) is 4.79 Å². The van der Waals surface area contributed by atoms with Crippen LogP contribution in [0, 0.1) is 0 Å². The normalized spacial score (nSPS) is 17.7. The summed E-state index contributed by atoms with van der Waals surface area (Å²) in [5.41, 5.74) is 1.43. The van der Waals surface area contributed by atoms with Crippen LogP contribution in [0.25, 0.3) is 5.57 Å². The maximum atomic E-state index is 14.0. The molecule has 1 fully saturated rings. The Morgan fingerprint density at radius 2 is 1.41 bits per heavy atom. The first-order valence-electron chi connectivity index (χ1n) is 11.5. The zero-order valence-electron chi connectivity index (χ0n) is 21.7. The molecule has 2 aromatic carbocycles. The van der Waals surface area contributed by atoms with Crippen molar-refractivity contribution in [3.63, 3.8) is 0 Å². The van der Waals surface area contributed by atoms with Crippen LogP contribution >= 0.6 is 11.8 Å². The molecule has 0 saturated carbocycles. The average molecular weight is 531 g/mol. The number of ether oxygens (including phenoxy) is 6. The average Bonchev–Trinajstić information content (AvgIpc) is 2.95. The minimum atomic E-state index is -0.865. The Kier molecular flexibility index (Phi) is 8.19. The van der Waals surface area contributed by atoms with E-state index in [9.17, 15) is 9.59 Å². The Morgan fingerprint density at radius 1 is 0.838 bits per heavy atom. The van der Waals surface area contributed by atoms with E-state index < -0.39 is 6.23 Å². The van der Waals surface area contributed by atoms with Crippen LogP contribution in [-0.2, 0) is 9.53 Å². The van der Waals surface area contributed by atoms with E-state index in [1.165, 1.54) is 42.7 Å². The summed E-state index contributed by atoms with van der Waals surface area (Å²) in [5, 5.41) is 4.00. The second-order valence-electron chi connectivity index (χ2n) is 8.14. The van der Waals surface area contributed by atoms with Crippen molar-refractivity contribution in [3.05, 3.63) is 39.8 Å². The van der Waals surface area contributed by atoms with Gasteiger partial charge in [0.1, 0.15) is 11.2 Å². The first-order valence-corrected chi connectivity index (χ1v) is 12.7. The molecule has 4 rings (SSSR count). The molecule has 0 aromatic heterocycles. The maximum Gasteiger partial charge on any atom is 0.271 e. The van der Waals surface area contributed by atoms with Crippen LogP contribution in [-0.4, -0.2) is 95.3 Å². The SMILES string of the molecule is COc1cc(C2=c3c(cc(OC)c(OC)c3=C=O)C(=O)N(N3CCSCC3)C2OC)cc(OC)c1OC. The molecule has 1 atom stereocenters. The van der Waals surface area contributed by atoms with Gasteiger partial charge in [-0.25, -0.2) is 14.8 Å². The van der Waals surface area contributed by atoms with E-state index in [1.807, 2.05) is 22.7 Å². The summed E-state index contributed by atoms with van der Waals surface area (Å²) in [5.74, 6) is 5.06. The Labute approximate surface area is 219 Å². The molecule has 0 N–H and O–H groups in total. The molecule has 1 amide bonds. The van der Waals surface area contributed by atoms with Crippen molar-refractivity contribution >= 4 is 29.2 Å². The molecule has 2 aliphatic rings. The summed E-state index contributed by atoms with van der Waals surface area (Å²) in [4.78, 5) is 26.4. The van der Waals surface area contributed by atoms with Crippen LogP contribution in [0.15, 0.2) is 18.2 Å². The van der Waals surface area contributed by atoms with Gasteiger partial charge in [-0.1, -0.05) is 0 Å². The van der Waals surface area contributed by atoms with Crippen molar-refractivity contribution in [1.29, 1.82) is 0 Å². The Balaban J connectivity index is 2.18. The minimum absolute atomic E-state index is 0.0600. The van der Waals surface area contributed by atoms with Crippen molar-refractivity contribution in [1.82, 2.24) is 10.0 Å². The fraction of sp³-hybridized carbons (Fsp3) is 0.423. The number of fused-ring (bicyclic) bond motifs is 1. The second-order valence-corrected chi connectivity index (χ2v) is 9.37. The zero-order valence-corrected chi connectivity index (χ0v) is 22.5. The molecule has 0 bridgehead atoms. The van der Waals surface area contributed by atoms with Crippen LogP contribution in [0.1, 0.15) is 15.9 Å². The number of hydrogen-bond donors (Lipinski definition) is 0. The molecule has 2 heterocycles. The van der Waals surface area contributed by atoms with Crippen LogP contribution in [0.2, 0.25) is 0 Å². The lowest BCUT2D eigenvalue weighted by atomic mass is 9.92. The van der Waals surface area contributed by atoms with Gasteiger partial charge in [0.2, 0.25) is 5.75 Å². The van der Waals surface area contributed by atoms with E-state index in [-0.39, 0.29) is 28.2 Å². The van der Waals surface area contributed by atoms with Gasteiger partial charge in [-0.05, 0) is 23.8 Å². The van der Waals surface area contributed by atoms with E-state index in [2.05, 4.69) is 0 Å². The molecule has 0 aliphatic carbocycles. The largest absolute Gasteiger partial charge is 0.493 e. The highest BCUT2D eigenvalue weighted by Crippen LogP contribution is 2.41. The van der Waals surface area contributed by atoms with E-state index >= 15 is 0 Å². The third kappa shape index (κ3) is 4.48. The molecule has 11 heteroatoms. The fourth-order valence-electron chi connectivity index (χ4n) is 4.80. The third-order valence-corrected chi connectivity index (χ3v) is 7.38. The van der Waals surface area contributed by atoms with Crippen molar-refractivity contribution in [3.8, 4) is 28.7 Å². The molecule has 1 saturated heterocycles. The quantitative estimate of drug-likeness (QED) is 0.488. The van der Waals surface area contributed by atoms with Gasteiger partial charge >= 0.3 is 0 Å². The number of nitrogens with zero attached hydrogens (tertiary/aromatic N) is 2. The van der Waals surface area contributed by atoms with Crippen LogP contribution in [0.3, 0.4) is 0 Å². The number of hydrazine groups is 1. The van der Waals surface area contributed by atoms with Crippen molar-refractivity contribution in [2.45, 2.75) is 6.23 Å². The smallest absolute Gasteiger partial charge is 0.271 e. The second kappa shape index (κ2) is 11.4. The molecular weight excluding hydrogens is 500 g/mol. The van der Waals surface area contributed by atoms with E-state index in [0.29, 0.717) is 46.7 Å². The van der Waals surface area contributed by atoms with Gasteiger partial charge in [0.15, 0.2) is 29.2 Å². The summed E-state index contributed by atoms with van der Waals surface area (Å²) in [6.07, 6.45) is -0.865. The lowest BCUT2D eigenvalue weighted by Crippen LogP contribution is -2.61. The molecule has 2 aromatic rings. The molecule has 37 heavy (non-hydrogen) atoms. The Bertz CT molecular complexity index is 1310. The summed E-state index contributed by atoms with van der Waals surface area (Å²) in [7, 11) is 8.97. The number of amides is 1. The van der Waals surface area contributed by atoms with Gasteiger partial charge in [-0.2, -0.15) is 11.8 Å². The number of rotatable bonds is 8. The van der Waals surface area contributed by atoms with Crippen molar-refractivity contribution < 1.29 is 38.0 Å². The highest BCUT2D eigenvalue weighted by molar-refractivity contribution is 7.99. The van der Waals surface area contributed by atoms with Crippen LogP contribution < -0.4 is 34.1 Å². The first-order chi connectivity index (χ1) is 18.0. The zero-order chi connectivity index (χ0) is 26.7. The minimum Gasteiger partial charge on any atom is -0.493 e. The highest BCUT2D eigenvalue weighted by atomic mass is 32.2. The Hall–Kier alpha value is -3.37. The predicted octanol–water partition coefficient (Wildman–Crippen LogP) is 0.824. The summed E-state index contributed by atoms with van der Waals surface area (Å²) in [6, 6.07) is 5.11. The fourth-order valence-corrected chi connectivity index (χ4v) is 5.69. The van der Waals surface area contributed by atoms with E-state index in [1.54, 1.807) is 23.2 Å². The van der Waals surface area contributed by atoms with Gasteiger partial charge in [0.05, 0.1) is 41.1 Å². The molecule has 198 valence electrons. The monoisotopic (exact) mass is 530 g/mol. The van der Waals surface area contributed by atoms with E-state index in [4.69, 9.17) is 28.4 Å². The summed E-state index contributed by atoms with van der Waals surface area (Å²) in [6.45, 7) is 1.32. The van der Waals surface area contributed by atoms with Crippen LogP contribution in [0.5, 0.6) is 28.7 Å². The maximum absolute atomic E-state index is 14.0. The number of hydrogen-bond acceptors (Lipinski definition) is 10. The lowest BCUT2D eigenvalue weighted by molar-refractivity contribution is -0.0962. The molecule has 2 aliphatic heterocycles. The number of carbonyl (C=O) groups excluding carboxylic acids is 2. The van der Waals surface area contributed by atoms with Gasteiger partial charge in [0.25, 0.3) is 5.91 Å². The molecule has 10 nitrogen and oxygen atoms in total. The molecule has 0 radical (unpaired) electrons. The first kappa shape index (κ1) is 26.7. The van der Waals surface area contributed by atoms with Gasteiger partial charge in [-0.15, -0.1) is 0 Å². The highest BCUT2D eigenvalue weighted by Gasteiger charge is 2.40. The van der Waals surface area contributed by atoms with Gasteiger partial charge < -0.3 is 28.4 Å². The lowest BCUT2D eigenvalue weighted by Gasteiger charge is -2.44. The predicted molar refractivity (Wildman–Crippen MR) is 138 cm³/mol. The number of benzene rings is 2. The Morgan fingerprint density at radius 3 is 1.89 bits per heavy atom. The number of thioether (sulfide) groups is 1. The number of methoxy groups -OCH3 is 6. The third-order valence-electron chi connectivity index (χ3n) is 6.44. The van der Waals surface area contributed by atoms with Crippen LogP contribution in [0.4, 0.5) is 0 Å². The molecule has 1 unspecified atom stereocenters. The standard InChI is InChI=1S/C26H30N2O8S/c1-31-18-11-15(12-19(32-2)24(18)35-5)21-22-16(13-20(33-3)23(34-4)17(22)14-29)25(30)28(26(21)36-6)27-7-9-37-10-8-27/h11-13,26H,7-10H2,1-6H3. The van der Waals surface area contributed by atoms with Crippen molar-refractivity contribution in [2.75, 3.05) is 67.3 Å².